The van der Waals surface area contributed by atoms with Gasteiger partial charge in [-0.25, -0.2) is 13.1 Å². The van der Waals surface area contributed by atoms with Gasteiger partial charge in [0.25, 0.3) is 5.69 Å². The Hall–Kier alpha value is -1.22. The Labute approximate surface area is 134 Å². The first kappa shape index (κ1) is 17.1. The van der Waals surface area contributed by atoms with E-state index in [1.165, 1.54) is 13.0 Å². The second kappa shape index (κ2) is 6.11. The fourth-order valence-corrected chi connectivity index (χ4v) is 4.52. The summed E-state index contributed by atoms with van der Waals surface area (Å²) in [5, 5.41) is 11.1. The maximum Gasteiger partial charge on any atom is 0.275 e. The van der Waals surface area contributed by atoms with E-state index < -0.39 is 20.5 Å². The van der Waals surface area contributed by atoms with E-state index in [9.17, 15) is 18.5 Å². The summed E-state index contributed by atoms with van der Waals surface area (Å²) in [5.41, 5.74) is 4.97. The maximum absolute atomic E-state index is 12.5. The molecule has 9 heteroatoms. The molecule has 1 fully saturated rings. The van der Waals surface area contributed by atoms with Crippen molar-refractivity contribution in [3.63, 3.8) is 0 Å². The molecule has 122 valence electrons. The minimum absolute atomic E-state index is 0.0443. The molecule has 0 radical (unpaired) electrons. The van der Waals surface area contributed by atoms with Crippen LogP contribution in [0.4, 0.5) is 5.69 Å². The first-order valence-electron chi connectivity index (χ1n) is 6.89. The van der Waals surface area contributed by atoms with Crippen LogP contribution in [0.2, 0.25) is 5.02 Å². The van der Waals surface area contributed by atoms with E-state index in [1.807, 2.05) is 0 Å². The predicted octanol–water partition coefficient (Wildman–Crippen LogP) is 2.11. The average Bonchev–Trinajstić information content (AvgIpc) is 2.89. The van der Waals surface area contributed by atoms with E-state index in [2.05, 4.69) is 4.72 Å². The van der Waals surface area contributed by atoms with E-state index >= 15 is 0 Å². The fourth-order valence-electron chi connectivity index (χ4n) is 2.73. The molecule has 2 rings (SSSR count). The Kier molecular flexibility index (Phi) is 4.76. The van der Waals surface area contributed by atoms with Gasteiger partial charge in [0.15, 0.2) is 0 Å². The van der Waals surface area contributed by atoms with E-state index in [0.29, 0.717) is 12.8 Å². The highest BCUT2D eigenvalue weighted by Gasteiger charge is 2.37. The number of nitrogens with one attached hydrogen (secondary N) is 1. The van der Waals surface area contributed by atoms with Crippen LogP contribution in [0, 0.1) is 17.0 Å². The standard InChI is InChI=1S/C13H18ClN3O4S/c1-9-11(14)6-10(7-12(9)17(18)19)22(20,21)16-13(8-15)4-2-3-5-13/h6-7,16H,2-5,8,15H2,1H3. The van der Waals surface area contributed by atoms with Gasteiger partial charge in [0, 0.05) is 23.7 Å². The molecule has 0 aromatic heterocycles. The number of nitrogens with zero attached hydrogens (tertiary/aromatic N) is 1. The predicted molar refractivity (Wildman–Crippen MR) is 83.4 cm³/mol. The molecule has 0 amide bonds. The van der Waals surface area contributed by atoms with Crippen LogP contribution < -0.4 is 10.5 Å². The lowest BCUT2D eigenvalue weighted by atomic mass is 10.0. The van der Waals surface area contributed by atoms with E-state index in [1.54, 1.807) is 0 Å². The normalized spacial score (nSPS) is 17.6. The van der Waals surface area contributed by atoms with Crippen LogP contribution in [0.15, 0.2) is 17.0 Å². The molecule has 0 saturated heterocycles. The van der Waals surface area contributed by atoms with E-state index in [0.717, 1.165) is 18.9 Å². The summed E-state index contributed by atoms with van der Waals surface area (Å²) in [7, 11) is -3.93. The molecule has 1 aromatic carbocycles. The molecule has 0 spiro atoms. The molecule has 7 nitrogen and oxygen atoms in total. The SMILES string of the molecule is Cc1c(Cl)cc(S(=O)(=O)NC2(CN)CCCC2)cc1[N+](=O)[O-]. The third kappa shape index (κ3) is 3.24. The molecule has 3 N–H and O–H groups in total. The summed E-state index contributed by atoms with van der Waals surface area (Å²) in [6.07, 6.45) is 3.11. The summed E-state index contributed by atoms with van der Waals surface area (Å²) in [5.74, 6) is 0. The number of sulfonamides is 1. The Bertz CT molecular complexity index is 699. The topological polar surface area (TPSA) is 115 Å². The molecular formula is C13H18ClN3O4S. The molecule has 0 heterocycles. The number of nitrogens with two attached hydrogens (primary N) is 1. The van der Waals surface area contributed by atoms with Crippen molar-refractivity contribution in [3.05, 3.63) is 32.8 Å². The van der Waals surface area contributed by atoms with Gasteiger partial charge in [-0.1, -0.05) is 24.4 Å². The van der Waals surface area contributed by atoms with Crippen LogP contribution in [0.25, 0.3) is 0 Å². The van der Waals surface area contributed by atoms with Crippen molar-refractivity contribution >= 4 is 27.3 Å². The molecular weight excluding hydrogens is 330 g/mol. The molecule has 0 bridgehead atoms. The van der Waals surface area contributed by atoms with Gasteiger partial charge in [-0.3, -0.25) is 10.1 Å². The number of hydrogen-bond acceptors (Lipinski definition) is 5. The Morgan fingerprint density at radius 2 is 2.00 bits per heavy atom. The highest BCUT2D eigenvalue weighted by Crippen LogP contribution is 2.33. The van der Waals surface area contributed by atoms with Crippen LogP contribution in [0.5, 0.6) is 0 Å². The van der Waals surface area contributed by atoms with Crippen molar-refractivity contribution in [2.75, 3.05) is 6.54 Å². The van der Waals surface area contributed by atoms with Crippen molar-refractivity contribution < 1.29 is 13.3 Å². The molecule has 1 aliphatic rings. The monoisotopic (exact) mass is 347 g/mol. The minimum atomic E-state index is -3.93. The van der Waals surface area contributed by atoms with E-state index in [4.69, 9.17) is 17.3 Å². The number of benzene rings is 1. The zero-order chi connectivity index (χ0) is 16.5. The smallest absolute Gasteiger partial charge is 0.275 e. The molecule has 0 aliphatic heterocycles. The van der Waals surface area contributed by atoms with Gasteiger partial charge in [0.1, 0.15) is 0 Å². The highest BCUT2D eigenvalue weighted by molar-refractivity contribution is 7.89. The summed E-state index contributed by atoms with van der Waals surface area (Å²) in [4.78, 5) is 10.2. The number of rotatable bonds is 5. The van der Waals surface area contributed by atoms with Gasteiger partial charge >= 0.3 is 0 Å². The minimum Gasteiger partial charge on any atom is -0.329 e. The zero-order valence-electron chi connectivity index (χ0n) is 12.1. The van der Waals surface area contributed by atoms with Gasteiger partial charge in [-0.2, -0.15) is 0 Å². The summed E-state index contributed by atoms with van der Waals surface area (Å²) in [6, 6.07) is 2.26. The molecule has 0 unspecified atom stereocenters. The van der Waals surface area contributed by atoms with Crippen LogP contribution in [-0.4, -0.2) is 25.4 Å². The van der Waals surface area contributed by atoms with Gasteiger partial charge in [-0.05, 0) is 25.8 Å². The highest BCUT2D eigenvalue weighted by atomic mass is 35.5. The Morgan fingerprint density at radius 3 is 2.50 bits per heavy atom. The van der Waals surface area contributed by atoms with Crippen molar-refractivity contribution in [1.29, 1.82) is 0 Å². The van der Waals surface area contributed by atoms with Gasteiger partial charge < -0.3 is 5.73 Å². The summed E-state index contributed by atoms with van der Waals surface area (Å²) in [6.45, 7) is 1.66. The second-order valence-corrected chi connectivity index (χ2v) is 7.69. The van der Waals surface area contributed by atoms with Crippen molar-refractivity contribution in [2.24, 2.45) is 5.73 Å². The number of halogens is 1. The Balaban J connectivity index is 2.44. The molecule has 0 atom stereocenters. The molecule has 1 saturated carbocycles. The lowest BCUT2D eigenvalue weighted by Gasteiger charge is -2.28. The average molecular weight is 348 g/mol. The largest absolute Gasteiger partial charge is 0.329 e. The van der Waals surface area contributed by atoms with Crippen molar-refractivity contribution in [2.45, 2.75) is 43.0 Å². The zero-order valence-corrected chi connectivity index (χ0v) is 13.7. The lowest BCUT2D eigenvalue weighted by Crippen LogP contribution is -2.51. The van der Waals surface area contributed by atoms with Crippen LogP contribution in [0.1, 0.15) is 31.2 Å². The number of nitro benzene ring substituents is 1. The fraction of sp³-hybridized carbons (Fsp3) is 0.538. The van der Waals surface area contributed by atoms with Crippen LogP contribution >= 0.6 is 11.6 Å². The number of nitro groups is 1. The third-order valence-corrected chi connectivity index (χ3v) is 6.05. The van der Waals surface area contributed by atoms with Crippen molar-refractivity contribution in [3.8, 4) is 0 Å². The van der Waals surface area contributed by atoms with E-state index in [-0.39, 0.29) is 27.7 Å². The van der Waals surface area contributed by atoms with Crippen LogP contribution in [0.3, 0.4) is 0 Å². The second-order valence-electron chi connectivity index (χ2n) is 5.60. The lowest BCUT2D eigenvalue weighted by molar-refractivity contribution is -0.385. The van der Waals surface area contributed by atoms with Gasteiger partial charge in [0.2, 0.25) is 10.0 Å². The number of hydrogen-bond donors (Lipinski definition) is 2. The summed E-state index contributed by atoms with van der Waals surface area (Å²) < 4.78 is 27.7. The molecule has 1 aromatic rings. The van der Waals surface area contributed by atoms with Crippen LogP contribution in [-0.2, 0) is 10.0 Å². The maximum atomic E-state index is 12.5. The first-order chi connectivity index (χ1) is 10.2. The molecule has 22 heavy (non-hydrogen) atoms. The first-order valence-corrected chi connectivity index (χ1v) is 8.75. The third-order valence-electron chi connectivity index (χ3n) is 4.10. The van der Waals surface area contributed by atoms with Gasteiger partial charge in [-0.15, -0.1) is 0 Å². The summed E-state index contributed by atoms with van der Waals surface area (Å²) >= 11 is 5.93. The van der Waals surface area contributed by atoms with Gasteiger partial charge in [0.05, 0.1) is 14.8 Å². The quantitative estimate of drug-likeness (QED) is 0.625. The van der Waals surface area contributed by atoms with Crippen molar-refractivity contribution in [1.82, 2.24) is 4.72 Å². The Morgan fingerprint density at radius 1 is 1.41 bits per heavy atom. The molecule has 1 aliphatic carbocycles.